The molecule has 0 saturated carbocycles. The summed E-state index contributed by atoms with van der Waals surface area (Å²) >= 11 is 1.73. The van der Waals surface area contributed by atoms with Gasteiger partial charge in [-0.1, -0.05) is 18.2 Å². The molecule has 2 aromatic rings. The second kappa shape index (κ2) is 7.75. The molecule has 0 aromatic heterocycles. The molecule has 29 heavy (non-hydrogen) atoms. The predicted molar refractivity (Wildman–Crippen MR) is 120 cm³/mol. The van der Waals surface area contributed by atoms with Gasteiger partial charge in [0.25, 0.3) is 5.91 Å². The van der Waals surface area contributed by atoms with Gasteiger partial charge in [0.15, 0.2) is 0 Å². The number of rotatable bonds is 5. The SMILES string of the molecule is CC(C)N(C(=O)C1CSC2(C)CCC(=O)N12)c1ccc(Nc2ccccc2)cc1. The molecule has 0 aliphatic carbocycles. The van der Waals surface area contributed by atoms with E-state index >= 15 is 0 Å². The highest BCUT2D eigenvalue weighted by molar-refractivity contribution is 8.01. The lowest BCUT2D eigenvalue weighted by atomic mass is 10.1. The average molecular weight is 410 g/mol. The summed E-state index contributed by atoms with van der Waals surface area (Å²) in [6.45, 7) is 6.11. The van der Waals surface area contributed by atoms with Crippen LogP contribution >= 0.6 is 11.8 Å². The third-order valence-electron chi connectivity index (χ3n) is 5.69. The monoisotopic (exact) mass is 409 g/mol. The van der Waals surface area contributed by atoms with Crippen molar-refractivity contribution in [3.05, 3.63) is 54.6 Å². The van der Waals surface area contributed by atoms with Crippen LogP contribution < -0.4 is 10.2 Å². The molecule has 2 aliphatic rings. The molecule has 2 aromatic carbocycles. The van der Waals surface area contributed by atoms with Gasteiger partial charge in [0.05, 0.1) is 4.87 Å². The van der Waals surface area contributed by atoms with Gasteiger partial charge in [-0.05, 0) is 63.6 Å². The van der Waals surface area contributed by atoms with Crippen molar-refractivity contribution < 1.29 is 9.59 Å². The summed E-state index contributed by atoms with van der Waals surface area (Å²) in [5, 5.41) is 3.36. The van der Waals surface area contributed by atoms with E-state index in [0.717, 1.165) is 23.5 Å². The number of nitrogens with one attached hydrogen (secondary N) is 1. The van der Waals surface area contributed by atoms with Crippen LogP contribution in [0.3, 0.4) is 0 Å². The molecule has 5 nitrogen and oxygen atoms in total. The van der Waals surface area contributed by atoms with Crippen molar-refractivity contribution in [2.75, 3.05) is 16.0 Å². The predicted octanol–water partition coefficient (Wildman–Crippen LogP) is 4.63. The molecule has 0 spiro atoms. The Morgan fingerprint density at radius 2 is 1.79 bits per heavy atom. The number of nitrogens with zero attached hydrogens (tertiary/aromatic N) is 2. The molecule has 6 heteroatoms. The maximum absolute atomic E-state index is 13.5. The Hall–Kier alpha value is -2.47. The van der Waals surface area contributed by atoms with Crippen molar-refractivity contribution in [1.29, 1.82) is 0 Å². The van der Waals surface area contributed by atoms with Crippen molar-refractivity contribution in [1.82, 2.24) is 4.90 Å². The Labute approximate surface area is 176 Å². The van der Waals surface area contributed by atoms with E-state index in [4.69, 9.17) is 0 Å². The zero-order chi connectivity index (χ0) is 20.6. The Kier molecular flexibility index (Phi) is 5.30. The highest BCUT2D eigenvalue weighted by Crippen LogP contribution is 2.47. The van der Waals surface area contributed by atoms with Gasteiger partial charge in [-0.25, -0.2) is 0 Å². The number of benzene rings is 2. The van der Waals surface area contributed by atoms with E-state index in [1.807, 2.05) is 78.2 Å². The van der Waals surface area contributed by atoms with E-state index in [0.29, 0.717) is 12.2 Å². The molecule has 2 heterocycles. The standard InChI is InChI=1S/C23H27N3O2S/c1-16(2)25(22(28)20-15-29-23(3)14-13-21(27)26(20)23)19-11-9-18(10-12-19)24-17-7-5-4-6-8-17/h4-12,16,20,24H,13-15H2,1-3H3. The van der Waals surface area contributed by atoms with Crippen molar-refractivity contribution in [3.63, 3.8) is 0 Å². The molecule has 2 amide bonds. The maximum atomic E-state index is 13.5. The summed E-state index contributed by atoms with van der Waals surface area (Å²) in [5.74, 6) is 0.773. The number of amides is 2. The lowest BCUT2D eigenvalue weighted by Gasteiger charge is -2.35. The highest BCUT2D eigenvalue weighted by Gasteiger charge is 2.53. The second-order valence-corrected chi connectivity index (χ2v) is 9.61. The number of para-hydroxylation sites is 1. The summed E-state index contributed by atoms with van der Waals surface area (Å²) < 4.78 is 0. The molecule has 2 fully saturated rings. The number of carbonyl (C=O) groups excluding carboxylic acids is 2. The van der Waals surface area contributed by atoms with Crippen LogP contribution in [0.25, 0.3) is 0 Å². The van der Waals surface area contributed by atoms with Crippen LogP contribution in [0.2, 0.25) is 0 Å². The van der Waals surface area contributed by atoms with E-state index in [2.05, 4.69) is 12.2 Å². The minimum atomic E-state index is -0.385. The van der Waals surface area contributed by atoms with Crippen LogP contribution in [0.1, 0.15) is 33.6 Å². The van der Waals surface area contributed by atoms with E-state index < -0.39 is 0 Å². The molecule has 0 radical (unpaired) electrons. The first-order chi connectivity index (χ1) is 13.9. The molecule has 0 bridgehead atoms. The first-order valence-corrected chi connectivity index (χ1v) is 11.1. The molecule has 1 N–H and O–H groups in total. The third-order valence-corrected chi connectivity index (χ3v) is 7.20. The van der Waals surface area contributed by atoms with Gasteiger partial charge in [-0.3, -0.25) is 9.59 Å². The van der Waals surface area contributed by atoms with Crippen molar-refractivity contribution in [2.24, 2.45) is 0 Å². The van der Waals surface area contributed by atoms with Crippen LogP contribution in [0.15, 0.2) is 54.6 Å². The summed E-state index contributed by atoms with van der Waals surface area (Å²) in [5.41, 5.74) is 2.84. The Morgan fingerprint density at radius 1 is 1.14 bits per heavy atom. The van der Waals surface area contributed by atoms with E-state index in [1.54, 1.807) is 11.8 Å². The van der Waals surface area contributed by atoms with Gasteiger partial charge in [0.1, 0.15) is 6.04 Å². The zero-order valence-electron chi connectivity index (χ0n) is 17.1. The molecular formula is C23H27N3O2S. The number of anilines is 3. The van der Waals surface area contributed by atoms with E-state index in [-0.39, 0.29) is 28.8 Å². The van der Waals surface area contributed by atoms with Gasteiger partial charge < -0.3 is 15.1 Å². The summed E-state index contributed by atoms with van der Waals surface area (Å²) in [6, 6.07) is 17.5. The normalized spacial score (nSPS) is 23.4. The summed E-state index contributed by atoms with van der Waals surface area (Å²) in [4.78, 5) is 29.4. The lowest BCUT2D eigenvalue weighted by molar-refractivity contribution is -0.137. The van der Waals surface area contributed by atoms with Crippen LogP contribution in [-0.2, 0) is 9.59 Å². The van der Waals surface area contributed by atoms with Crippen molar-refractivity contribution in [3.8, 4) is 0 Å². The molecule has 2 saturated heterocycles. The lowest BCUT2D eigenvalue weighted by Crippen LogP contribution is -2.53. The van der Waals surface area contributed by atoms with Crippen molar-refractivity contribution in [2.45, 2.75) is 50.6 Å². The number of hydrogen-bond acceptors (Lipinski definition) is 4. The van der Waals surface area contributed by atoms with Gasteiger partial charge in [0.2, 0.25) is 5.91 Å². The van der Waals surface area contributed by atoms with Gasteiger partial charge in [0, 0.05) is 35.3 Å². The number of carbonyl (C=O) groups is 2. The van der Waals surface area contributed by atoms with E-state index in [9.17, 15) is 9.59 Å². The molecule has 2 unspecified atom stereocenters. The molecule has 4 rings (SSSR count). The van der Waals surface area contributed by atoms with Crippen molar-refractivity contribution >= 4 is 40.6 Å². The fourth-order valence-electron chi connectivity index (χ4n) is 4.24. The Morgan fingerprint density at radius 3 is 2.45 bits per heavy atom. The molecular weight excluding hydrogens is 382 g/mol. The Bertz CT molecular complexity index is 900. The second-order valence-electron chi connectivity index (χ2n) is 8.11. The van der Waals surface area contributed by atoms with E-state index in [1.165, 1.54) is 0 Å². The summed E-state index contributed by atoms with van der Waals surface area (Å²) in [6.07, 6.45) is 1.36. The fourth-order valence-corrected chi connectivity index (χ4v) is 5.66. The van der Waals surface area contributed by atoms with Crippen LogP contribution in [-0.4, -0.2) is 39.4 Å². The fraction of sp³-hybridized carbons (Fsp3) is 0.391. The molecule has 2 atom stereocenters. The first kappa shape index (κ1) is 19.8. The van der Waals surface area contributed by atoms with Gasteiger partial charge in [-0.2, -0.15) is 0 Å². The van der Waals surface area contributed by atoms with Crippen LogP contribution in [0.5, 0.6) is 0 Å². The minimum Gasteiger partial charge on any atom is -0.356 e. The van der Waals surface area contributed by atoms with Gasteiger partial charge in [-0.15, -0.1) is 11.8 Å². The molecule has 2 aliphatic heterocycles. The first-order valence-electron chi connectivity index (χ1n) is 10.1. The van der Waals surface area contributed by atoms with Gasteiger partial charge >= 0.3 is 0 Å². The third kappa shape index (κ3) is 3.73. The smallest absolute Gasteiger partial charge is 0.250 e. The average Bonchev–Trinajstić information content (AvgIpc) is 3.20. The highest BCUT2D eigenvalue weighted by atomic mass is 32.2. The summed E-state index contributed by atoms with van der Waals surface area (Å²) in [7, 11) is 0. The Balaban J connectivity index is 1.55. The molecule has 152 valence electrons. The van der Waals surface area contributed by atoms with Crippen LogP contribution in [0.4, 0.5) is 17.1 Å². The quantitative estimate of drug-likeness (QED) is 0.783. The largest absolute Gasteiger partial charge is 0.356 e. The number of hydrogen-bond donors (Lipinski definition) is 1. The van der Waals surface area contributed by atoms with Crippen LogP contribution in [0, 0.1) is 0 Å². The maximum Gasteiger partial charge on any atom is 0.250 e. The zero-order valence-corrected chi connectivity index (χ0v) is 17.9. The minimum absolute atomic E-state index is 0.00462. The number of fused-ring (bicyclic) bond motifs is 1. The number of thioether (sulfide) groups is 1. The topological polar surface area (TPSA) is 52.7 Å².